The highest BCUT2D eigenvalue weighted by molar-refractivity contribution is 7.80. The number of ether oxygens (including phenoxy) is 1. The molecule has 1 aromatic rings. The van der Waals surface area contributed by atoms with Crippen molar-refractivity contribution in [1.82, 2.24) is 20.1 Å². The minimum absolute atomic E-state index is 0.541. The van der Waals surface area contributed by atoms with Crippen molar-refractivity contribution < 1.29 is 4.74 Å². The molecule has 2 fully saturated rings. The summed E-state index contributed by atoms with van der Waals surface area (Å²) in [5.41, 5.74) is 1.27. The molecule has 0 unspecified atom stereocenters. The first kappa shape index (κ1) is 20.5. The van der Waals surface area contributed by atoms with E-state index in [1.807, 2.05) is 12.4 Å². The molecule has 2 aliphatic rings. The second-order valence-electron chi connectivity index (χ2n) is 7.72. The molecule has 3 rings (SSSR count). The van der Waals surface area contributed by atoms with Crippen molar-refractivity contribution >= 4 is 17.3 Å². The topological polar surface area (TPSA) is 40.6 Å². The highest BCUT2D eigenvalue weighted by Gasteiger charge is 2.18. The van der Waals surface area contributed by atoms with E-state index < -0.39 is 0 Å². The maximum absolute atomic E-state index is 5.84. The van der Waals surface area contributed by atoms with Crippen LogP contribution in [0.15, 0.2) is 24.5 Å². The van der Waals surface area contributed by atoms with Gasteiger partial charge in [0.15, 0.2) is 5.11 Å². The van der Waals surface area contributed by atoms with Crippen molar-refractivity contribution in [2.75, 3.05) is 39.4 Å². The molecule has 0 bridgehead atoms. The zero-order chi connectivity index (χ0) is 18.7. The SMILES string of the molecule is S=C(NC1CCCCCC1)N(CCCN1CCOCC1)Cc1ccncc1. The summed E-state index contributed by atoms with van der Waals surface area (Å²) in [6, 6.07) is 4.71. The molecule has 1 aromatic heterocycles. The van der Waals surface area contributed by atoms with Gasteiger partial charge in [0.25, 0.3) is 0 Å². The minimum Gasteiger partial charge on any atom is -0.379 e. The predicted octanol–water partition coefficient (Wildman–Crippen LogP) is 3.20. The van der Waals surface area contributed by atoms with Gasteiger partial charge in [0.2, 0.25) is 0 Å². The highest BCUT2D eigenvalue weighted by atomic mass is 32.1. The Morgan fingerprint density at radius 2 is 1.85 bits per heavy atom. The van der Waals surface area contributed by atoms with Crippen molar-refractivity contribution in [2.45, 2.75) is 57.5 Å². The van der Waals surface area contributed by atoms with Crippen molar-refractivity contribution in [3.63, 3.8) is 0 Å². The first-order valence-corrected chi connectivity index (χ1v) is 11.0. The number of pyridine rings is 1. The van der Waals surface area contributed by atoms with E-state index in [-0.39, 0.29) is 0 Å². The van der Waals surface area contributed by atoms with Crippen LogP contribution in [0.1, 0.15) is 50.5 Å². The van der Waals surface area contributed by atoms with Gasteiger partial charge in [-0.25, -0.2) is 0 Å². The Balaban J connectivity index is 1.53. The third kappa shape index (κ3) is 7.35. The Hall–Kier alpha value is -1.24. The fourth-order valence-corrected chi connectivity index (χ4v) is 4.28. The molecule has 1 aliphatic heterocycles. The van der Waals surface area contributed by atoms with Gasteiger partial charge in [-0.1, -0.05) is 25.7 Å². The van der Waals surface area contributed by atoms with Gasteiger partial charge in [-0.3, -0.25) is 9.88 Å². The zero-order valence-corrected chi connectivity index (χ0v) is 17.3. The van der Waals surface area contributed by atoms with Crippen LogP contribution in [0.25, 0.3) is 0 Å². The first-order valence-electron chi connectivity index (χ1n) is 10.6. The summed E-state index contributed by atoms with van der Waals surface area (Å²) in [4.78, 5) is 8.98. The number of nitrogens with one attached hydrogen (secondary N) is 1. The van der Waals surface area contributed by atoms with E-state index in [1.54, 1.807) is 0 Å². The molecule has 1 saturated heterocycles. The fourth-order valence-electron chi connectivity index (χ4n) is 3.96. The van der Waals surface area contributed by atoms with E-state index in [9.17, 15) is 0 Å². The summed E-state index contributed by atoms with van der Waals surface area (Å²) in [6.07, 6.45) is 12.7. The lowest BCUT2D eigenvalue weighted by Gasteiger charge is -2.31. The molecule has 150 valence electrons. The lowest BCUT2D eigenvalue weighted by molar-refractivity contribution is 0.0367. The van der Waals surface area contributed by atoms with E-state index in [4.69, 9.17) is 17.0 Å². The summed E-state index contributed by atoms with van der Waals surface area (Å²) < 4.78 is 5.45. The van der Waals surface area contributed by atoms with Crippen LogP contribution in [0, 0.1) is 0 Å². The van der Waals surface area contributed by atoms with Gasteiger partial charge in [-0.15, -0.1) is 0 Å². The zero-order valence-electron chi connectivity index (χ0n) is 16.4. The molecular weight excluding hydrogens is 356 g/mol. The second kappa shape index (κ2) is 11.6. The van der Waals surface area contributed by atoms with E-state index in [1.165, 1.54) is 44.1 Å². The number of aromatic nitrogens is 1. The van der Waals surface area contributed by atoms with E-state index in [0.717, 1.165) is 57.5 Å². The van der Waals surface area contributed by atoms with E-state index in [0.29, 0.717) is 6.04 Å². The molecule has 2 heterocycles. The van der Waals surface area contributed by atoms with Crippen molar-refractivity contribution in [1.29, 1.82) is 0 Å². The lowest BCUT2D eigenvalue weighted by Crippen LogP contribution is -2.45. The Morgan fingerprint density at radius 1 is 1.15 bits per heavy atom. The molecule has 5 nitrogen and oxygen atoms in total. The third-order valence-electron chi connectivity index (χ3n) is 5.60. The molecule has 1 aliphatic carbocycles. The lowest BCUT2D eigenvalue weighted by atomic mass is 10.1. The molecule has 0 aromatic carbocycles. The summed E-state index contributed by atoms with van der Waals surface area (Å²) >= 11 is 5.84. The van der Waals surface area contributed by atoms with Crippen molar-refractivity contribution in [2.24, 2.45) is 0 Å². The normalized spacial score (nSPS) is 19.4. The number of rotatable bonds is 7. The van der Waals surface area contributed by atoms with Crippen LogP contribution in [0.5, 0.6) is 0 Å². The molecule has 0 radical (unpaired) electrons. The molecule has 0 atom stereocenters. The average Bonchev–Trinajstić information content (AvgIpc) is 2.97. The molecule has 1 saturated carbocycles. The molecule has 0 spiro atoms. The monoisotopic (exact) mass is 390 g/mol. The third-order valence-corrected chi connectivity index (χ3v) is 5.97. The van der Waals surface area contributed by atoms with Crippen LogP contribution >= 0.6 is 12.2 Å². The standard InChI is InChI=1S/C21H34N4OS/c27-21(23-20-6-3-1-2-4-7-20)25(18-19-8-10-22-11-9-19)13-5-12-24-14-16-26-17-15-24/h8-11,20H,1-7,12-18H2,(H,23,27). The van der Waals surface area contributed by atoms with E-state index >= 15 is 0 Å². The quantitative estimate of drug-likeness (QED) is 0.570. The van der Waals surface area contributed by atoms with Crippen LogP contribution in [0.3, 0.4) is 0 Å². The van der Waals surface area contributed by atoms with Crippen LogP contribution in [0.2, 0.25) is 0 Å². The number of hydrogen-bond acceptors (Lipinski definition) is 4. The van der Waals surface area contributed by atoms with Crippen LogP contribution in [-0.2, 0) is 11.3 Å². The number of morpholine rings is 1. The van der Waals surface area contributed by atoms with Crippen LogP contribution < -0.4 is 5.32 Å². The van der Waals surface area contributed by atoms with Crippen molar-refractivity contribution in [3.8, 4) is 0 Å². The second-order valence-corrected chi connectivity index (χ2v) is 8.11. The maximum Gasteiger partial charge on any atom is 0.169 e. The van der Waals surface area contributed by atoms with Gasteiger partial charge < -0.3 is 15.0 Å². The predicted molar refractivity (Wildman–Crippen MR) is 114 cm³/mol. The van der Waals surface area contributed by atoms with Crippen molar-refractivity contribution in [3.05, 3.63) is 30.1 Å². The molecule has 27 heavy (non-hydrogen) atoms. The smallest absolute Gasteiger partial charge is 0.169 e. The van der Waals surface area contributed by atoms with Gasteiger partial charge in [0, 0.05) is 51.2 Å². The number of hydrogen-bond donors (Lipinski definition) is 1. The van der Waals surface area contributed by atoms with Crippen LogP contribution in [0.4, 0.5) is 0 Å². The molecule has 1 N–H and O–H groups in total. The Morgan fingerprint density at radius 3 is 2.56 bits per heavy atom. The Labute approximate surface area is 169 Å². The molecular formula is C21H34N4OS. The average molecular weight is 391 g/mol. The van der Waals surface area contributed by atoms with Crippen LogP contribution in [-0.4, -0.2) is 65.3 Å². The van der Waals surface area contributed by atoms with Gasteiger partial charge in [-0.05, 0) is 49.2 Å². The van der Waals surface area contributed by atoms with Gasteiger partial charge in [-0.2, -0.15) is 0 Å². The Bertz CT molecular complexity index is 542. The van der Waals surface area contributed by atoms with E-state index in [2.05, 4.69) is 32.2 Å². The van der Waals surface area contributed by atoms with Gasteiger partial charge in [0.1, 0.15) is 0 Å². The highest BCUT2D eigenvalue weighted by Crippen LogP contribution is 2.18. The number of nitrogens with zero attached hydrogens (tertiary/aromatic N) is 3. The maximum atomic E-state index is 5.84. The Kier molecular flexibility index (Phi) is 8.78. The van der Waals surface area contributed by atoms with Gasteiger partial charge >= 0.3 is 0 Å². The summed E-state index contributed by atoms with van der Waals surface area (Å²) in [6.45, 7) is 6.78. The summed E-state index contributed by atoms with van der Waals surface area (Å²) in [7, 11) is 0. The largest absolute Gasteiger partial charge is 0.379 e. The number of thiocarbonyl (C=S) groups is 1. The molecule has 0 amide bonds. The summed E-state index contributed by atoms with van der Waals surface area (Å²) in [5, 5.41) is 4.59. The first-order chi connectivity index (χ1) is 13.3. The minimum atomic E-state index is 0.541. The fraction of sp³-hybridized carbons (Fsp3) is 0.714. The molecule has 6 heteroatoms. The van der Waals surface area contributed by atoms with Gasteiger partial charge in [0.05, 0.1) is 13.2 Å². The summed E-state index contributed by atoms with van der Waals surface area (Å²) in [5.74, 6) is 0.